The summed E-state index contributed by atoms with van der Waals surface area (Å²) in [6, 6.07) is 20.7. The molecule has 0 aliphatic heterocycles. The number of nitrogens with zero attached hydrogens (tertiary/aromatic N) is 2. The third kappa shape index (κ3) is 3.57. The van der Waals surface area contributed by atoms with Gasteiger partial charge in [0.25, 0.3) is 0 Å². The Kier molecular flexibility index (Phi) is 4.65. The molecule has 2 heterocycles. The molecule has 2 N–H and O–H groups in total. The highest BCUT2D eigenvalue weighted by Gasteiger charge is 2.20. The van der Waals surface area contributed by atoms with Gasteiger partial charge in [-0.3, -0.25) is 4.98 Å². The number of benzene rings is 2. The number of aromatic hydroxyl groups is 1. The van der Waals surface area contributed by atoms with Crippen LogP contribution in [0, 0.1) is 6.92 Å². The molecule has 5 heteroatoms. The summed E-state index contributed by atoms with van der Waals surface area (Å²) in [7, 11) is 0. The van der Waals surface area contributed by atoms with Crippen molar-refractivity contribution in [2.75, 3.05) is 5.32 Å². The average Bonchev–Trinajstić information content (AvgIpc) is 2.68. The van der Waals surface area contributed by atoms with Gasteiger partial charge >= 0.3 is 0 Å². The lowest BCUT2D eigenvalue weighted by atomic mass is 9.96. The van der Waals surface area contributed by atoms with Crippen LogP contribution in [0.2, 0.25) is 5.02 Å². The van der Waals surface area contributed by atoms with Crippen molar-refractivity contribution in [3.63, 3.8) is 0 Å². The van der Waals surface area contributed by atoms with E-state index in [-0.39, 0.29) is 11.8 Å². The van der Waals surface area contributed by atoms with Crippen molar-refractivity contribution in [2.45, 2.75) is 13.0 Å². The van der Waals surface area contributed by atoms with Crippen LogP contribution < -0.4 is 5.32 Å². The van der Waals surface area contributed by atoms with Gasteiger partial charge in [-0.25, -0.2) is 4.98 Å². The first-order valence-electron chi connectivity index (χ1n) is 8.64. The number of hydrogen-bond acceptors (Lipinski definition) is 4. The molecule has 1 unspecified atom stereocenters. The summed E-state index contributed by atoms with van der Waals surface area (Å²) in [6.07, 6.45) is 1.68. The summed E-state index contributed by atoms with van der Waals surface area (Å²) < 4.78 is 0. The summed E-state index contributed by atoms with van der Waals surface area (Å²) >= 11 is 6.06. The first-order chi connectivity index (χ1) is 13.1. The summed E-state index contributed by atoms with van der Waals surface area (Å²) in [4.78, 5) is 8.88. The molecule has 0 bridgehead atoms. The highest BCUT2D eigenvalue weighted by Crippen LogP contribution is 2.36. The average molecular weight is 376 g/mol. The van der Waals surface area contributed by atoms with Gasteiger partial charge in [0.15, 0.2) is 0 Å². The van der Waals surface area contributed by atoms with E-state index >= 15 is 0 Å². The topological polar surface area (TPSA) is 58.0 Å². The van der Waals surface area contributed by atoms with Crippen LogP contribution in [0.1, 0.15) is 22.9 Å². The van der Waals surface area contributed by atoms with E-state index in [1.807, 2.05) is 73.7 Å². The van der Waals surface area contributed by atoms with Gasteiger partial charge in [-0.2, -0.15) is 0 Å². The maximum absolute atomic E-state index is 10.9. The fraction of sp³-hybridized carbons (Fsp3) is 0.0909. The summed E-state index contributed by atoms with van der Waals surface area (Å²) in [5.41, 5.74) is 3.19. The second-order valence-corrected chi connectivity index (χ2v) is 6.81. The highest BCUT2D eigenvalue weighted by atomic mass is 35.5. The van der Waals surface area contributed by atoms with E-state index < -0.39 is 0 Å². The predicted molar refractivity (Wildman–Crippen MR) is 109 cm³/mol. The molecule has 27 heavy (non-hydrogen) atoms. The first-order valence-corrected chi connectivity index (χ1v) is 9.02. The first kappa shape index (κ1) is 17.3. The van der Waals surface area contributed by atoms with Crippen molar-refractivity contribution < 1.29 is 5.11 Å². The standard InChI is InChI=1S/C22H18ClN3O/c1-14-4-2-6-19(25-14)26-20(16-7-10-17(23)11-8-16)18-12-9-15-5-3-13-24-21(15)22(18)27/h2-13,20,27H,1H3,(H,25,26). The van der Waals surface area contributed by atoms with Crippen molar-refractivity contribution in [1.82, 2.24) is 9.97 Å². The zero-order valence-corrected chi connectivity index (χ0v) is 15.5. The van der Waals surface area contributed by atoms with Crippen molar-refractivity contribution in [3.05, 3.63) is 94.8 Å². The molecule has 0 spiro atoms. The van der Waals surface area contributed by atoms with Gasteiger partial charge in [-0.1, -0.05) is 48.0 Å². The number of halogens is 1. The van der Waals surface area contributed by atoms with Crippen molar-refractivity contribution in [2.24, 2.45) is 0 Å². The zero-order chi connectivity index (χ0) is 18.8. The number of phenols is 1. The number of hydrogen-bond donors (Lipinski definition) is 2. The minimum Gasteiger partial charge on any atom is -0.505 e. The van der Waals surface area contributed by atoms with Gasteiger partial charge in [0.2, 0.25) is 0 Å². The van der Waals surface area contributed by atoms with Gasteiger partial charge in [0.05, 0.1) is 6.04 Å². The van der Waals surface area contributed by atoms with E-state index in [1.54, 1.807) is 6.20 Å². The quantitative estimate of drug-likeness (QED) is 0.494. The van der Waals surface area contributed by atoms with Gasteiger partial charge in [-0.15, -0.1) is 0 Å². The Morgan fingerprint density at radius 2 is 1.78 bits per heavy atom. The maximum Gasteiger partial charge on any atom is 0.147 e. The van der Waals surface area contributed by atoms with Crippen LogP contribution >= 0.6 is 11.6 Å². The number of pyridine rings is 2. The van der Waals surface area contributed by atoms with E-state index in [9.17, 15) is 5.11 Å². The number of phenolic OH excluding ortho intramolecular Hbond substituents is 1. The van der Waals surface area contributed by atoms with Crippen LogP contribution in [-0.2, 0) is 0 Å². The molecule has 4 rings (SSSR count). The molecule has 0 fully saturated rings. The molecule has 4 aromatic rings. The van der Waals surface area contributed by atoms with Crippen molar-refractivity contribution >= 4 is 28.3 Å². The van der Waals surface area contributed by atoms with Crippen LogP contribution in [0.15, 0.2) is 72.9 Å². The number of aromatic nitrogens is 2. The molecule has 0 amide bonds. The highest BCUT2D eigenvalue weighted by molar-refractivity contribution is 6.30. The molecular weight excluding hydrogens is 358 g/mol. The lowest BCUT2D eigenvalue weighted by molar-refractivity contribution is 0.471. The summed E-state index contributed by atoms with van der Waals surface area (Å²) in [5.74, 6) is 0.892. The molecule has 1 atom stereocenters. The van der Waals surface area contributed by atoms with Gasteiger partial charge in [0, 0.05) is 27.9 Å². The fourth-order valence-electron chi connectivity index (χ4n) is 3.15. The zero-order valence-electron chi connectivity index (χ0n) is 14.7. The predicted octanol–water partition coefficient (Wildman–Crippen LogP) is 5.50. The Labute approximate surface area is 162 Å². The largest absolute Gasteiger partial charge is 0.505 e. The third-order valence-electron chi connectivity index (χ3n) is 4.47. The number of rotatable bonds is 4. The van der Waals surface area contributed by atoms with Crippen molar-refractivity contribution in [1.29, 1.82) is 0 Å². The molecule has 0 aliphatic carbocycles. The lowest BCUT2D eigenvalue weighted by Crippen LogP contribution is -2.14. The van der Waals surface area contributed by atoms with Crippen LogP contribution in [0.25, 0.3) is 10.9 Å². The minimum absolute atomic E-state index is 0.160. The normalized spacial score (nSPS) is 12.1. The molecule has 134 valence electrons. The Morgan fingerprint density at radius 3 is 2.56 bits per heavy atom. The van der Waals surface area contributed by atoms with Gasteiger partial charge < -0.3 is 10.4 Å². The molecule has 0 saturated carbocycles. The summed E-state index contributed by atoms with van der Waals surface area (Å²) in [6.45, 7) is 1.94. The van der Waals surface area contributed by atoms with E-state index in [4.69, 9.17) is 11.6 Å². The summed E-state index contributed by atoms with van der Waals surface area (Å²) in [5, 5.41) is 15.9. The number of nitrogens with one attached hydrogen (secondary N) is 1. The van der Waals surface area contributed by atoms with Crippen LogP contribution in [-0.4, -0.2) is 15.1 Å². The Bertz CT molecular complexity index is 1100. The number of fused-ring (bicyclic) bond motifs is 1. The second kappa shape index (κ2) is 7.25. The lowest BCUT2D eigenvalue weighted by Gasteiger charge is -2.22. The van der Waals surface area contributed by atoms with Crippen LogP contribution in [0.3, 0.4) is 0 Å². The third-order valence-corrected chi connectivity index (χ3v) is 4.73. The SMILES string of the molecule is Cc1cccc(NC(c2ccc(Cl)cc2)c2ccc3cccnc3c2O)n1. The van der Waals surface area contributed by atoms with E-state index in [1.165, 1.54) is 0 Å². The second-order valence-electron chi connectivity index (χ2n) is 6.37. The van der Waals surface area contributed by atoms with E-state index in [0.29, 0.717) is 10.5 Å². The van der Waals surface area contributed by atoms with Crippen LogP contribution in [0.5, 0.6) is 5.75 Å². The maximum atomic E-state index is 10.9. The fourth-order valence-corrected chi connectivity index (χ4v) is 3.27. The van der Waals surface area contributed by atoms with Gasteiger partial charge in [0.1, 0.15) is 17.1 Å². The molecule has 0 aliphatic rings. The Balaban J connectivity index is 1.84. The van der Waals surface area contributed by atoms with Crippen molar-refractivity contribution in [3.8, 4) is 5.75 Å². The van der Waals surface area contributed by atoms with Gasteiger partial charge in [-0.05, 0) is 42.8 Å². The number of aryl methyl sites for hydroxylation is 1. The molecule has 0 radical (unpaired) electrons. The monoisotopic (exact) mass is 375 g/mol. The Morgan fingerprint density at radius 1 is 0.963 bits per heavy atom. The number of anilines is 1. The molecule has 0 saturated heterocycles. The minimum atomic E-state index is -0.303. The molecular formula is C22H18ClN3O. The van der Waals surface area contributed by atoms with E-state index in [2.05, 4.69) is 15.3 Å². The Hall–Kier alpha value is -3.11. The smallest absolute Gasteiger partial charge is 0.147 e. The molecule has 4 nitrogen and oxygen atoms in total. The molecule has 2 aromatic carbocycles. The van der Waals surface area contributed by atoms with Crippen LogP contribution in [0.4, 0.5) is 5.82 Å². The molecule has 2 aromatic heterocycles. The van der Waals surface area contributed by atoms with E-state index in [0.717, 1.165) is 28.0 Å².